The maximum absolute atomic E-state index is 12.5. The van der Waals surface area contributed by atoms with E-state index < -0.39 is 35.8 Å². The van der Waals surface area contributed by atoms with Gasteiger partial charge in [0, 0.05) is 23.0 Å². The molecule has 11 nitrogen and oxygen atoms in total. The van der Waals surface area contributed by atoms with Gasteiger partial charge in [-0.05, 0) is 35.0 Å². The number of esters is 2. The predicted octanol–water partition coefficient (Wildman–Crippen LogP) is 1.41. The van der Waals surface area contributed by atoms with Crippen LogP contribution in [0.4, 0.5) is 0 Å². The van der Waals surface area contributed by atoms with Crippen molar-refractivity contribution in [2.24, 2.45) is 0 Å². The highest BCUT2D eigenvalue weighted by molar-refractivity contribution is 7.99. The topological polar surface area (TPSA) is 138 Å². The lowest BCUT2D eigenvalue weighted by atomic mass is 10.1. The van der Waals surface area contributed by atoms with Crippen molar-refractivity contribution in [1.82, 2.24) is 10.6 Å². The lowest BCUT2D eigenvalue weighted by Crippen LogP contribution is -2.45. The molecular weight excluding hydrogens is 548 g/mol. The maximum Gasteiger partial charge on any atom is 0.329 e. The van der Waals surface area contributed by atoms with E-state index in [0.29, 0.717) is 47.7 Å². The van der Waals surface area contributed by atoms with E-state index in [-0.39, 0.29) is 13.2 Å². The molecule has 1 heterocycles. The van der Waals surface area contributed by atoms with Crippen LogP contribution >= 0.6 is 23.5 Å². The lowest BCUT2D eigenvalue weighted by molar-refractivity contribution is -0.144. The summed E-state index contributed by atoms with van der Waals surface area (Å²) in [7, 11) is 2.54. The Labute approximate surface area is 235 Å². The summed E-state index contributed by atoms with van der Waals surface area (Å²) in [5.74, 6) is 0.730. The van der Waals surface area contributed by atoms with Gasteiger partial charge in [0.25, 0.3) is 11.8 Å². The fraction of sp³-hybridized carbons (Fsp3) is 0.462. The van der Waals surface area contributed by atoms with Crippen molar-refractivity contribution < 1.29 is 42.9 Å². The molecule has 212 valence electrons. The molecular formula is C26H32N2O9S2. The van der Waals surface area contributed by atoms with E-state index in [1.807, 2.05) is 12.1 Å². The molecule has 1 aliphatic rings. The first-order chi connectivity index (χ1) is 18.9. The van der Waals surface area contributed by atoms with Gasteiger partial charge in [-0.25, -0.2) is 9.59 Å². The fourth-order valence-electron chi connectivity index (χ4n) is 3.51. The Bertz CT molecular complexity index is 1060. The summed E-state index contributed by atoms with van der Waals surface area (Å²) in [5, 5.41) is 6.99. The minimum absolute atomic E-state index is 0.290. The number of hydrogen-bond donors (Lipinski definition) is 2. The van der Waals surface area contributed by atoms with Crippen molar-refractivity contribution in [3.8, 4) is 11.5 Å². The second-order valence-corrected chi connectivity index (χ2v) is 10.6. The highest BCUT2D eigenvalue weighted by Gasteiger charge is 2.23. The SMILES string of the molecule is COC(=O)[C@@H]1CSCCOCCSC[C@@H](C(=O)OC)NC(=O)COc2ccc3ccc(cc3c2)OCC(=O)N1. The molecule has 39 heavy (non-hydrogen) atoms. The van der Waals surface area contributed by atoms with Crippen molar-refractivity contribution in [2.75, 3.05) is 63.7 Å². The third-order valence-corrected chi connectivity index (χ3v) is 7.53. The smallest absolute Gasteiger partial charge is 0.329 e. The minimum Gasteiger partial charge on any atom is -0.484 e. The van der Waals surface area contributed by atoms with Crippen LogP contribution in [0.1, 0.15) is 0 Å². The third kappa shape index (κ3) is 10.2. The van der Waals surface area contributed by atoms with E-state index in [4.69, 9.17) is 23.7 Å². The predicted molar refractivity (Wildman–Crippen MR) is 148 cm³/mol. The van der Waals surface area contributed by atoms with Gasteiger partial charge < -0.3 is 34.3 Å². The van der Waals surface area contributed by atoms with Crippen LogP contribution in [0.15, 0.2) is 36.4 Å². The quantitative estimate of drug-likeness (QED) is 0.499. The highest BCUT2D eigenvalue weighted by atomic mass is 32.2. The van der Waals surface area contributed by atoms with Gasteiger partial charge >= 0.3 is 11.9 Å². The number of carbonyl (C=O) groups excluding carboxylic acids is 4. The first-order valence-corrected chi connectivity index (χ1v) is 14.5. The average molecular weight is 581 g/mol. The number of methoxy groups -OCH3 is 2. The van der Waals surface area contributed by atoms with Crippen LogP contribution in [0, 0.1) is 0 Å². The van der Waals surface area contributed by atoms with Crippen molar-refractivity contribution in [2.45, 2.75) is 12.1 Å². The van der Waals surface area contributed by atoms with Crippen LogP contribution in [0.2, 0.25) is 0 Å². The normalized spacial score (nSPS) is 20.6. The van der Waals surface area contributed by atoms with E-state index in [2.05, 4.69) is 10.6 Å². The Kier molecular flexibility index (Phi) is 12.5. The van der Waals surface area contributed by atoms with Gasteiger partial charge in [-0.1, -0.05) is 12.1 Å². The van der Waals surface area contributed by atoms with Crippen LogP contribution in [0.3, 0.4) is 0 Å². The van der Waals surface area contributed by atoms with Crippen LogP contribution < -0.4 is 20.1 Å². The minimum atomic E-state index is -0.820. The second kappa shape index (κ2) is 16.1. The third-order valence-electron chi connectivity index (χ3n) is 5.48. The van der Waals surface area contributed by atoms with Gasteiger partial charge in [0.05, 0.1) is 27.4 Å². The number of fused-ring (bicyclic) bond motifs is 2. The summed E-state index contributed by atoms with van der Waals surface area (Å²) in [6, 6.07) is 8.96. The fourth-order valence-corrected chi connectivity index (χ4v) is 5.23. The first kappa shape index (κ1) is 30.4. The molecule has 0 saturated carbocycles. The number of thioether (sulfide) groups is 2. The first-order valence-electron chi connectivity index (χ1n) is 12.2. The molecule has 2 N–H and O–H groups in total. The highest BCUT2D eigenvalue weighted by Crippen LogP contribution is 2.25. The number of benzene rings is 2. The summed E-state index contributed by atoms with van der Waals surface area (Å²) in [5.41, 5.74) is 0. The number of nitrogens with one attached hydrogen (secondary N) is 2. The zero-order chi connectivity index (χ0) is 28.0. The van der Waals surface area contributed by atoms with Crippen LogP contribution in [-0.4, -0.2) is 99.5 Å². The molecule has 1 aliphatic heterocycles. The molecule has 3 rings (SSSR count). The molecule has 2 aromatic rings. The van der Waals surface area contributed by atoms with Gasteiger partial charge in [0.15, 0.2) is 13.2 Å². The summed E-state index contributed by atoms with van der Waals surface area (Å²) in [4.78, 5) is 49.2. The zero-order valence-corrected chi connectivity index (χ0v) is 23.4. The molecule has 0 aromatic heterocycles. The Morgan fingerprint density at radius 2 is 1.23 bits per heavy atom. The molecule has 0 saturated heterocycles. The molecule has 13 heteroatoms. The standard InChI is InChI=1S/C26H32N2O9S2/c1-33-25(31)21-15-38-9-7-35-8-10-39-16-22(26(32)34-2)28-24(30)14-37-20-6-4-17-3-5-19(11-18(17)12-20)36-13-23(29)27-21/h3-6,11-12,21-22H,7-10,13-16H2,1-2H3,(H,27,29)(H,28,30)/t21-,22-/m0/s1. The summed E-state index contributed by atoms with van der Waals surface area (Å²) >= 11 is 2.89. The Balaban J connectivity index is 1.72. The summed E-state index contributed by atoms with van der Waals surface area (Å²) in [6.07, 6.45) is 0. The van der Waals surface area contributed by atoms with Gasteiger partial charge in [-0.15, -0.1) is 0 Å². The second-order valence-electron chi connectivity index (χ2n) is 8.30. The number of ether oxygens (including phenoxy) is 5. The molecule has 2 atom stereocenters. The number of hydrogen-bond acceptors (Lipinski definition) is 11. The average Bonchev–Trinajstić information content (AvgIpc) is 2.95. The van der Waals surface area contributed by atoms with Crippen LogP contribution in [-0.2, 0) is 33.4 Å². The van der Waals surface area contributed by atoms with Crippen LogP contribution in [0.25, 0.3) is 10.8 Å². The lowest BCUT2D eigenvalue weighted by Gasteiger charge is -2.17. The Hall–Kier alpha value is -3.16. The van der Waals surface area contributed by atoms with E-state index in [9.17, 15) is 19.2 Å². The van der Waals surface area contributed by atoms with Crippen molar-refractivity contribution in [3.05, 3.63) is 36.4 Å². The van der Waals surface area contributed by atoms with Gasteiger partial charge in [-0.2, -0.15) is 23.5 Å². The van der Waals surface area contributed by atoms with E-state index in [0.717, 1.165) is 10.8 Å². The summed E-state index contributed by atoms with van der Waals surface area (Å²) in [6.45, 7) is 0.297. The van der Waals surface area contributed by atoms with Crippen LogP contribution in [0.5, 0.6) is 11.5 Å². The molecule has 0 spiro atoms. The number of rotatable bonds is 2. The number of carbonyl (C=O) groups is 4. The van der Waals surface area contributed by atoms with Gasteiger partial charge in [-0.3, -0.25) is 9.59 Å². The molecule has 3 bridgehead atoms. The molecule has 2 amide bonds. The Morgan fingerprint density at radius 3 is 1.67 bits per heavy atom. The molecule has 0 unspecified atom stereocenters. The van der Waals surface area contributed by atoms with Crippen molar-refractivity contribution in [1.29, 1.82) is 0 Å². The zero-order valence-electron chi connectivity index (χ0n) is 21.8. The molecule has 2 aromatic carbocycles. The molecule has 0 aliphatic carbocycles. The van der Waals surface area contributed by atoms with E-state index in [1.54, 1.807) is 24.3 Å². The number of amides is 2. The van der Waals surface area contributed by atoms with E-state index in [1.165, 1.54) is 37.7 Å². The van der Waals surface area contributed by atoms with E-state index >= 15 is 0 Å². The van der Waals surface area contributed by atoms with Crippen molar-refractivity contribution in [3.63, 3.8) is 0 Å². The monoisotopic (exact) mass is 580 g/mol. The maximum atomic E-state index is 12.5. The summed E-state index contributed by atoms with van der Waals surface area (Å²) < 4.78 is 26.5. The van der Waals surface area contributed by atoms with Crippen molar-refractivity contribution >= 4 is 58.0 Å². The molecule has 0 radical (unpaired) electrons. The molecule has 0 fully saturated rings. The Morgan fingerprint density at radius 1 is 0.769 bits per heavy atom. The largest absolute Gasteiger partial charge is 0.484 e. The van der Waals surface area contributed by atoms with Gasteiger partial charge in [0.1, 0.15) is 23.6 Å². The van der Waals surface area contributed by atoms with Gasteiger partial charge in [0.2, 0.25) is 0 Å².